The van der Waals surface area contributed by atoms with E-state index in [1.165, 1.54) is 6.07 Å². The lowest BCUT2D eigenvalue weighted by molar-refractivity contribution is -0.135. The number of fused-ring (bicyclic) bond motifs is 1. The lowest BCUT2D eigenvalue weighted by atomic mass is 9.89. The van der Waals surface area contributed by atoms with Crippen molar-refractivity contribution in [1.82, 2.24) is 40.0 Å². The summed E-state index contributed by atoms with van der Waals surface area (Å²) in [5.41, 5.74) is 2.86. The number of hydrogen-bond donors (Lipinski definition) is 2. The zero-order valence-corrected chi connectivity index (χ0v) is 36.5. The second-order valence-corrected chi connectivity index (χ2v) is 18.3. The Balaban J connectivity index is 0.684. The first-order valence-corrected chi connectivity index (χ1v) is 23.2. The number of rotatable bonds is 12. The molecule has 5 fully saturated rings. The molecule has 1 aromatic heterocycles. The molecule has 0 spiro atoms. The van der Waals surface area contributed by atoms with Crippen molar-refractivity contribution in [3.63, 3.8) is 0 Å². The zero-order chi connectivity index (χ0) is 44.2. The first-order valence-electron chi connectivity index (χ1n) is 23.2. The van der Waals surface area contributed by atoms with Crippen LogP contribution in [-0.2, 0) is 20.7 Å². The molecule has 338 valence electrons. The molecule has 5 aliphatic rings. The Morgan fingerprint density at radius 1 is 0.703 bits per heavy atom. The van der Waals surface area contributed by atoms with E-state index in [1.54, 1.807) is 34.1 Å². The molecule has 1 aliphatic carbocycles. The molecule has 15 heteroatoms. The first kappa shape index (κ1) is 43.7. The number of aromatic amines is 1. The summed E-state index contributed by atoms with van der Waals surface area (Å²) in [5, 5.41) is 11.3. The molecule has 9 rings (SSSR count). The lowest BCUT2D eigenvalue weighted by Gasteiger charge is -2.38. The molecule has 4 aromatic rings. The monoisotopic (exact) mass is 874 g/mol. The van der Waals surface area contributed by atoms with E-state index in [0.29, 0.717) is 99.0 Å². The molecule has 1 atom stereocenters. The Morgan fingerprint density at radius 3 is 2.16 bits per heavy atom. The predicted octanol–water partition coefficient (Wildman–Crippen LogP) is 4.18. The van der Waals surface area contributed by atoms with Crippen molar-refractivity contribution < 1.29 is 28.3 Å². The largest absolute Gasteiger partial charge is 0.375 e. The summed E-state index contributed by atoms with van der Waals surface area (Å²) in [4.78, 5) is 75.1. The van der Waals surface area contributed by atoms with Crippen molar-refractivity contribution >= 4 is 34.4 Å². The average molecular weight is 875 g/mol. The van der Waals surface area contributed by atoms with E-state index in [2.05, 4.69) is 26.5 Å². The maximum absolute atomic E-state index is 15.0. The van der Waals surface area contributed by atoms with Crippen molar-refractivity contribution in [2.24, 2.45) is 0 Å². The minimum atomic E-state index is -0.605. The molecule has 14 nitrogen and oxygen atoms in total. The van der Waals surface area contributed by atoms with E-state index in [1.807, 2.05) is 40.1 Å². The fourth-order valence-corrected chi connectivity index (χ4v) is 9.85. The highest BCUT2D eigenvalue weighted by molar-refractivity contribution is 5.95. The zero-order valence-electron chi connectivity index (χ0n) is 36.5. The van der Waals surface area contributed by atoms with Crippen molar-refractivity contribution in [2.45, 2.75) is 82.0 Å². The highest BCUT2D eigenvalue weighted by Gasteiger charge is 2.32. The van der Waals surface area contributed by atoms with E-state index >= 15 is 4.39 Å². The van der Waals surface area contributed by atoms with Crippen LogP contribution in [0.3, 0.4) is 0 Å². The molecule has 2 N–H and O–H groups in total. The van der Waals surface area contributed by atoms with Gasteiger partial charge in [-0.05, 0) is 92.8 Å². The van der Waals surface area contributed by atoms with Crippen molar-refractivity contribution in [1.29, 1.82) is 0 Å². The second-order valence-electron chi connectivity index (χ2n) is 18.3. The fraction of sp³-hybridized carbons (Fsp3) is 0.510. The Morgan fingerprint density at radius 2 is 1.41 bits per heavy atom. The number of nitrogens with zero attached hydrogens (tertiary/aromatic N) is 6. The number of carbonyl (C=O) groups excluding carboxylic acids is 4. The van der Waals surface area contributed by atoms with Gasteiger partial charge in [-0.3, -0.25) is 28.9 Å². The van der Waals surface area contributed by atoms with Gasteiger partial charge >= 0.3 is 0 Å². The van der Waals surface area contributed by atoms with Crippen molar-refractivity contribution in [2.75, 3.05) is 78.5 Å². The van der Waals surface area contributed by atoms with Gasteiger partial charge in [0.2, 0.25) is 11.8 Å². The summed E-state index contributed by atoms with van der Waals surface area (Å²) in [7, 11) is 0. The van der Waals surface area contributed by atoms with Gasteiger partial charge in [0.15, 0.2) is 0 Å². The smallest absolute Gasteiger partial charge is 0.272 e. The third kappa shape index (κ3) is 10.4. The quantitative estimate of drug-likeness (QED) is 0.214. The Bertz CT molecular complexity index is 2400. The molecular formula is C49H59FN8O6. The van der Waals surface area contributed by atoms with Crippen LogP contribution in [0.5, 0.6) is 0 Å². The molecule has 4 amide bonds. The number of piperidine rings is 3. The molecule has 0 unspecified atom stereocenters. The van der Waals surface area contributed by atoms with Crippen LogP contribution in [0.1, 0.15) is 94.8 Å². The van der Waals surface area contributed by atoms with Crippen molar-refractivity contribution in [3.8, 4) is 0 Å². The molecular weight excluding hydrogens is 816 g/mol. The molecule has 5 heterocycles. The summed E-state index contributed by atoms with van der Waals surface area (Å²) in [6, 6.07) is 20.2. The number of hydrogen-bond acceptors (Lipinski definition) is 9. The summed E-state index contributed by atoms with van der Waals surface area (Å²) in [5.74, 6) is -0.543. The maximum Gasteiger partial charge on any atom is 0.272 e. The molecule has 64 heavy (non-hydrogen) atoms. The Hall–Kier alpha value is -5.51. The van der Waals surface area contributed by atoms with Crippen LogP contribution in [0.2, 0.25) is 0 Å². The number of nitrogens with one attached hydrogen (secondary N) is 2. The number of H-pyrrole nitrogens is 1. The molecule has 4 saturated heterocycles. The molecule has 0 radical (unpaired) electrons. The van der Waals surface area contributed by atoms with Gasteiger partial charge in [-0.25, -0.2) is 9.49 Å². The normalized spacial score (nSPS) is 20.5. The maximum atomic E-state index is 15.0. The topological polar surface area (TPSA) is 151 Å². The molecule has 0 bridgehead atoms. The van der Waals surface area contributed by atoms with E-state index < -0.39 is 11.7 Å². The van der Waals surface area contributed by atoms with E-state index in [4.69, 9.17) is 4.74 Å². The minimum absolute atomic E-state index is 0.0223. The Kier molecular flexibility index (Phi) is 13.5. The Labute approximate surface area is 373 Å². The summed E-state index contributed by atoms with van der Waals surface area (Å²) < 4.78 is 21.6. The van der Waals surface area contributed by atoms with Crippen LogP contribution in [0.25, 0.3) is 10.8 Å². The van der Waals surface area contributed by atoms with E-state index in [9.17, 15) is 24.0 Å². The molecule has 4 aliphatic heterocycles. The first-order chi connectivity index (χ1) is 31.1. The number of amides is 4. The number of halogens is 1. The van der Waals surface area contributed by atoms with Crippen LogP contribution in [0.15, 0.2) is 71.5 Å². The number of aromatic nitrogens is 2. The average Bonchev–Trinajstić information content (AvgIpc) is 4.18. The fourth-order valence-electron chi connectivity index (χ4n) is 9.85. The van der Waals surface area contributed by atoms with Gasteiger partial charge in [-0.1, -0.05) is 36.4 Å². The SMILES string of the molecule is O=C(CN1CCC(OC2CCN(C(=O)c3cccc([C@H]4CCCN(C(=O)CNC5CC5)C4)c3)CC2)CC1)N1CCN(C(=O)c2cc(Cc3n[nH]c(=O)c4ccccc34)ccc2F)CC1. The molecule has 3 aromatic carbocycles. The van der Waals surface area contributed by atoms with Gasteiger partial charge in [0.1, 0.15) is 5.82 Å². The van der Waals surface area contributed by atoms with Gasteiger partial charge in [-0.2, -0.15) is 5.10 Å². The van der Waals surface area contributed by atoms with Crippen LogP contribution in [0.4, 0.5) is 4.39 Å². The highest BCUT2D eigenvalue weighted by atomic mass is 19.1. The number of benzene rings is 3. The lowest BCUT2D eigenvalue weighted by Crippen LogP contribution is -2.53. The van der Waals surface area contributed by atoms with Gasteiger partial charge in [-0.15, -0.1) is 0 Å². The van der Waals surface area contributed by atoms with Crippen LogP contribution in [0, 0.1) is 5.82 Å². The van der Waals surface area contributed by atoms with Crippen molar-refractivity contribution in [3.05, 3.63) is 111 Å². The summed E-state index contributed by atoms with van der Waals surface area (Å²) in [6.07, 6.45) is 8.07. The van der Waals surface area contributed by atoms with Gasteiger partial charge in [0.05, 0.1) is 41.9 Å². The van der Waals surface area contributed by atoms with Gasteiger partial charge in [0.25, 0.3) is 17.4 Å². The highest BCUT2D eigenvalue weighted by Crippen LogP contribution is 2.29. The standard InChI is InChI=1S/C49H59FN8O6/c50-43-13-10-33(28-44-40-8-1-2-9-41(40)47(61)53-52-44)27-42(43)49(63)57-25-23-55(24-26-57)46(60)32-54-19-14-38(15-20-54)64-39-16-21-56(22-17-39)48(62)35-6-3-5-34(29-35)36-7-4-18-58(31-36)45(59)30-51-37-11-12-37/h1-3,5-6,8-10,13,27,29,36-39,51H,4,7,11-12,14-26,28,30-32H2,(H,53,61)/t36-/m0/s1. The van der Waals surface area contributed by atoms with Gasteiger partial charge < -0.3 is 29.7 Å². The minimum Gasteiger partial charge on any atom is -0.375 e. The number of carbonyl (C=O) groups is 4. The third-order valence-corrected chi connectivity index (χ3v) is 13.8. The summed E-state index contributed by atoms with van der Waals surface area (Å²) >= 11 is 0. The van der Waals surface area contributed by atoms with E-state index in [-0.39, 0.29) is 47.0 Å². The third-order valence-electron chi connectivity index (χ3n) is 13.8. The number of ether oxygens (including phenoxy) is 1. The predicted molar refractivity (Wildman–Crippen MR) is 240 cm³/mol. The van der Waals surface area contributed by atoms with Crippen LogP contribution >= 0.6 is 0 Å². The summed E-state index contributed by atoms with van der Waals surface area (Å²) in [6.45, 7) is 6.41. The van der Waals surface area contributed by atoms with Crippen LogP contribution in [-0.4, -0.2) is 155 Å². The number of piperazine rings is 1. The van der Waals surface area contributed by atoms with Gasteiger partial charge in [0, 0.05) is 94.8 Å². The second kappa shape index (κ2) is 19.7. The number of likely N-dealkylation sites (tertiary alicyclic amines) is 3. The van der Waals surface area contributed by atoms with Crippen LogP contribution < -0.4 is 10.9 Å². The molecule has 1 saturated carbocycles. The van der Waals surface area contributed by atoms with E-state index in [0.717, 1.165) is 76.6 Å².